The second kappa shape index (κ2) is 6.99. The fourth-order valence-corrected chi connectivity index (χ4v) is 2.51. The van der Waals surface area contributed by atoms with E-state index >= 15 is 0 Å². The fourth-order valence-electron chi connectivity index (χ4n) is 2.51. The van der Waals surface area contributed by atoms with Gasteiger partial charge in [-0.2, -0.15) is 30.7 Å². The maximum Gasteiger partial charge on any atom is 0.460 e. The molecule has 2 atom stereocenters. The largest absolute Gasteiger partial charge is 0.460 e. The van der Waals surface area contributed by atoms with Crippen molar-refractivity contribution in [1.82, 2.24) is 10.2 Å². The number of urea groups is 1. The number of nitrogens with one attached hydrogen (secondary N) is 1. The van der Waals surface area contributed by atoms with Gasteiger partial charge in [-0.25, -0.2) is 4.79 Å². The van der Waals surface area contributed by atoms with Crippen molar-refractivity contribution >= 4 is 11.8 Å². The zero-order chi connectivity index (χ0) is 19.8. The van der Waals surface area contributed by atoms with Crippen molar-refractivity contribution < 1.29 is 40.3 Å². The average Bonchev–Trinajstić information content (AvgIpc) is 2.88. The molecule has 0 saturated carbocycles. The number of likely N-dealkylation sites (tertiary alicyclic amines) is 1. The first-order valence-electron chi connectivity index (χ1n) is 7.58. The fraction of sp³-hybridized carbons (Fsp3) is 0.857. The normalized spacial score (nSPS) is 20.8. The Morgan fingerprint density at radius 3 is 1.96 bits per heavy atom. The highest BCUT2D eigenvalue weighted by Crippen LogP contribution is 2.47. The molecule has 11 heteroatoms. The van der Waals surface area contributed by atoms with E-state index in [2.05, 4.69) is 0 Å². The number of carbonyl (C=O) groups is 2. The molecule has 0 radical (unpaired) electrons. The van der Waals surface area contributed by atoms with Gasteiger partial charge in [-0.1, -0.05) is 13.8 Å². The van der Waals surface area contributed by atoms with Crippen LogP contribution in [0, 0.1) is 5.92 Å². The first kappa shape index (κ1) is 21.5. The molecular weight excluding hydrogens is 361 g/mol. The highest BCUT2D eigenvalue weighted by molar-refractivity contribution is 5.94. The van der Waals surface area contributed by atoms with Gasteiger partial charge in [0.2, 0.25) is 5.78 Å². The second-order valence-electron chi connectivity index (χ2n) is 6.37. The van der Waals surface area contributed by atoms with Gasteiger partial charge in [0.05, 0.1) is 6.04 Å². The van der Waals surface area contributed by atoms with Gasteiger partial charge in [0.15, 0.2) is 0 Å². The van der Waals surface area contributed by atoms with Crippen molar-refractivity contribution in [1.29, 1.82) is 0 Å². The number of nitrogens with zero attached hydrogens (tertiary/aromatic N) is 1. The Bertz CT molecular complexity index is 520. The summed E-state index contributed by atoms with van der Waals surface area (Å²) in [5, 5.41) is 1.88. The lowest BCUT2D eigenvalue weighted by Gasteiger charge is -2.32. The lowest BCUT2D eigenvalue weighted by Crippen LogP contribution is -2.62. The number of halogens is 7. The Hall–Kier alpha value is -1.55. The number of hydrogen-bond donors (Lipinski definition) is 1. The van der Waals surface area contributed by atoms with Gasteiger partial charge < -0.3 is 10.2 Å². The van der Waals surface area contributed by atoms with Crippen LogP contribution < -0.4 is 5.32 Å². The van der Waals surface area contributed by atoms with Gasteiger partial charge in [-0.3, -0.25) is 4.79 Å². The van der Waals surface area contributed by atoms with Crippen LogP contribution in [0.25, 0.3) is 0 Å². The highest BCUT2D eigenvalue weighted by atomic mass is 19.4. The summed E-state index contributed by atoms with van der Waals surface area (Å²) < 4.78 is 90.1. The molecule has 1 fully saturated rings. The van der Waals surface area contributed by atoms with E-state index in [1.165, 1.54) is 4.90 Å². The molecule has 1 N–H and O–H groups in total. The van der Waals surface area contributed by atoms with Gasteiger partial charge in [-0.15, -0.1) is 0 Å². The molecular formula is C14H19F7N2O2. The third kappa shape index (κ3) is 4.00. The van der Waals surface area contributed by atoms with E-state index < -0.39 is 41.8 Å². The Morgan fingerprint density at radius 2 is 1.60 bits per heavy atom. The lowest BCUT2D eigenvalue weighted by molar-refractivity contribution is -0.344. The van der Waals surface area contributed by atoms with E-state index in [1.807, 2.05) is 5.32 Å². The van der Waals surface area contributed by atoms with Crippen molar-refractivity contribution in [2.24, 2.45) is 5.92 Å². The number of Topliss-reactive ketones (excluding diaryl/α,β-unsaturated/α-hetero) is 1. The average molecular weight is 380 g/mol. The minimum Gasteiger partial charge on any atom is -0.328 e. The summed E-state index contributed by atoms with van der Waals surface area (Å²) in [7, 11) is 0. The molecule has 1 aliphatic heterocycles. The summed E-state index contributed by atoms with van der Waals surface area (Å²) >= 11 is 0. The molecule has 0 aromatic heterocycles. The summed E-state index contributed by atoms with van der Waals surface area (Å²) in [5.74, 6) is -16.4. The quantitative estimate of drug-likeness (QED) is 0.741. The smallest absolute Gasteiger partial charge is 0.328 e. The predicted molar refractivity (Wildman–Crippen MR) is 73.5 cm³/mol. The van der Waals surface area contributed by atoms with Gasteiger partial charge in [0, 0.05) is 12.6 Å². The summed E-state index contributed by atoms with van der Waals surface area (Å²) in [6.45, 7) is 4.22. The van der Waals surface area contributed by atoms with Crippen LogP contribution in [0.4, 0.5) is 35.5 Å². The van der Waals surface area contributed by atoms with E-state index in [4.69, 9.17) is 0 Å². The van der Waals surface area contributed by atoms with Crippen LogP contribution in [0.3, 0.4) is 0 Å². The highest BCUT2D eigenvalue weighted by Gasteiger charge is 2.76. The molecule has 0 aliphatic carbocycles. The molecule has 146 valence electrons. The molecule has 1 heterocycles. The Balaban J connectivity index is 3.05. The molecule has 0 bridgehead atoms. The maximum absolute atomic E-state index is 13.6. The summed E-state index contributed by atoms with van der Waals surface area (Å²) in [6, 6.07) is -3.41. The molecule has 1 saturated heterocycles. The molecule has 4 nitrogen and oxygen atoms in total. The SMILES string of the molecule is CC(C)C(NC(=O)N1CCC[C@H]1C)C(=O)C(F)(F)C(F)(F)C(F)(F)F. The molecule has 0 aromatic carbocycles. The molecule has 1 rings (SSSR count). The first-order chi connectivity index (χ1) is 11.1. The van der Waals surface area contributed by atoms with E-state index in [9.17, 15) is 40.3 Å². The number of rotatable bonds is 5. The molecule has 2 amide bonds. The number of hydrogen-bond acceptors (Lipinski definition) is 2. The standard InChI is InChI=1S/C14H19F7N2O2/c1-7(2)9(22-11(25)23-6-4-5-8(23)3)10(24)12(15,16)13(17,18)14(19,20)21/h7-9H,4-6H2,1-3H3,(H,22,25)/t8-,9?/m1/s1. The van der Waals surface area contributed by atoms with Crippen LogP contribution in [-0.2, 0) is 4.79 Å². The Labute approximate surface area is 139 Å². The van der Waals surface area contributed by atoms with Gasteiger partial charge in [0.1, 0.15) is 0 Å². The van der Waals surface area contributed by atoms with E-state index in [0.717, 1.165) is 13.8 Å². The van der Waals surface area contributed by atoms with Crippen LogP contribution >= 0.6 is 0 Å². The summed E-state index contributed by atoms with van der Waals surface area (Å²) in [5.41, 5.74) is 0. The van der Waals surface area contributed by atoms with E-state index in [1.54, 1.807) is 6.92 Å². The van der Waals surface area contributed by atoms with Gasteiger partial charge >= 0.3 is 24.1 Å². The molecule has 0 spiro atoms. The Morgan fingerprint density at radius 1 is 1.08 bits per heavy atom. The molecule has 0 aromatic rings. The van der Waals surface area contributed by atoms with E-state index in [0.29, 0.717) is 12.8 Å². The zero-order valence-corrected chi connectivity index (χ0v) is 13.8. The number of alkyl halides is 7. The number of amides is 2. The molecule has 1 aliphatic rings. The van der Waals surface area contributed by atoms with Crippen molar-refractivity contribution in [2.45, 2.75) is 63.7 Å². The van der Waals surface area contributed by atoms with Crippen LogP contribution in [0.15, 0.2) is 0 Å². The van der Waals surface area contributed by atoms with Crippen LogP contribution in [0.5, 0.6) is 0 Å². The topological polar surface area (TPSA) is 49.4 Å². The van der Waals surface area contributed by atoms with Crippen molar-refractivity contribution in [3.63, 3.8) is 0 Å². The second-order valence-corrected chi connectivity index (χ2v) is 6.37. The van der Waals surface area contributed by atoms with Crippen LogP contribution in [0.2, 0.25) is 0 Å². The third-order valence-corrected chi connectivity index (χ3v) is 4.10. The van der Waals surface area contributed by atoms with E-state index in [-0.39, 0.29) is 12.6 Å². The number of ketones is 1. The molecule has 25 heavy (non-hydrogen) atoms. The van der Waals surface area contributed by atoms with Gasteiger partial charge in [0.25, 0.3) is 0 Å². The minimum atomic E-state index is -6.61. The first-order valence-corrected chi connectivity index (χ1v) is 7.58. The van der Waals surface area contributed by atoms with Crippen molar-refractivity contribution in [3.05, 3.63) is 0 Å². The number of carbonyl (C=O) groups excluding carboxylic acids is 2. The monoisotopic (exact) mass is 380 g/mol. The summed E-state index contributed by atoms with van der Waals surface area (Å²) in [6.07, 6.45) is -5.37. The predicted octanol–water partition coefficient (Wildman–Crippen LogP) is 3.61. The lowest BCUT2D eigenvalue weighted by atomic mass is 9.92. The van der Waals surface area contributed by atoms with Crippen LogP contribution in [0.1, 0.15) is 33.6 Å². The van der Waals surface area contributed by atoms with Crippen LogP contribution in [-0.4, -0.2) is 53.4 Å². The minimum absolute atomic E-state index is 0.264. The maximum atomic E-state index is 13.6. The summed E-state index contributed by atoms with van der Waals surface area (Å²) in [4.78, 5) is 25.0. The third-order valence-electron chi connectivity index (χ3n) is 4.10. The van der Waals surface area contributed by atoms with Gasteiger partial charge in [-0.05, 0) is 25.7 Å². The molecule has 1 unspecified atom stereocenters. The van der Waals surface area contributed by atoms with Crippen molar-refractivity contribution in [2.75, 3.05) is 6.54 Å². The zero-order valence-electron chi connectivity index (χ0n) is 13.8. The van der Waals surface area contributed by atoms with Crippen molar-refractivity contribution in [3.8, 4) is 0 Å². The Kier molecular flexibility index (Phi) is 6.01.